The van der Waals surface area contributed by atoms with Crippen molar-refractivity contribution in [1.29, 1.82) is 0 Å². The lowest BCUT2D eigenvalue weighted by Crippen LogP contribution is -2.47. The molecular weight excluding hydrogens is 326 g/mol. The van der Waals surface area contributed by atoms with Crippen molar-refractivity contribution in [3.8, 4) is 0 Å². The highest BCUT2D eigenvalue weighted by Crippen LogP contribution is 2.18. The van der Waals surface area contributed by atoms with Crippen LogP contribution in [0, 0.1) is 0 Å². The molecule has 1 aliphatic carbocycles. The predicted octanol–water partition coefficient (Wildman–Crippen LogP) is 1.32. The number of urea groups is 1. The van der Waals surface area contributed by atoms with Crippen molar-refractivity contribution in [2.75, 3.05) is 11.9 Å². The van der Waals surface area contributed by atoms with Crippen LogP contribution in [0.4, 0.5) is 10.5 Å². The van der Waals surface area contributed by atoms with Crippen molar-refractivity contribution in [3.63, 3.8) is 0 Å². The van der Waals surface area contributed by atoms with Crippen LogP contribution in [0.1, 0.15) is 43.0 Å². The molecule has 8 nitrogen and oxygen atoms in total. The number of hydrogen-bond acceptors (Lipinski definition) is 4. The first-order valence-electron chi connectivity index (χ1n) is 8.19. The van der Waals surface area contributed by atoms with Crippen LogP contribution in [-0.2, 0) is 4.79 Å². The van der Waals surface area contributed by atoms with Crippen LogP contribution >= 0.6 is 0 Å². The van der Waals surface area contributed by atoms with Crippen LogP contribution in [-0.4, -0.2) is 46.3 Å². The van der Waals surface area contributed by atoms with E-state index in [0.29, 0.717) is 11.3 Å². The molecule has 1 aromatic rings. The Bertz CT molecular complexity index is 636. The number of nitrogens with one attached hydrogen (secondary N) is 3. The standard InChI is InChI=1S/C17H23N3O5/c1-17(25,15(22)23)10-18-16(24)20-13-8-6-11(7-9-13)14(21)19-12-4-2-3-5-12/h6-9,12,25H,2-5,10H2,1H3,(H,19,21)(H,22,23)(H2,18,20,24). The average Bonchev–Trinajstić information content (AvgIpc) is 3.06. The van der Waals surface area contributed by atoms with Crippen LogP contribution < -0.4 is 16.0 Å². The fourth-order valence-electron chi connectivity index (χ4n) is 2.55. The summed E-state index contributed by atoms with van der Waals surface area (Å²) in [6.07, 6.45) is 4.28. The molecule has 1 aromatic carbocycles. The molecule has 0 aliphatic heterocycles. The van der Waals surface area contributed by atoms with E-state index in [1.54, 1.807) is 24.3 Å². The predicted molar refractivity (Wildman–Crippen MR) is 91.4 cm³/mol. The first kappa shape index (κ1) is 18.7. The molecule has 25 heavy (non-hydrogen) atoms. The van der Waals surface area contributed by atoms with Crippen molar-refractivity contribution < 1.29 is 24.6 Å². The van der Waals surface area contributed by atoms with E-state index in [2.05, 4.69) is 16.0 Å². The summed E-state index contributed by atoms with van der Waals surface area (Å²) >= 11 is 0. The molecule has 1 fully saturated rings. The summed E-state index contributed by atoms with van der Waals surface area (Å²) < 4.78 is 0. The number of aliphatic carboxylic acids is 1. The third-order valence-corrected chi connectivity index (χ3v) is 4.15. The molecule has 2 rings (SSSR count). The van der Waals surface area contributed by atoms with E-state index in [-0.39, 0.29) is 11.9 Å². The SMILES string of the molecule is CC(O)(CNC(=O)Nc1ccc(C(=O)NC2CCCC2)cc1)C(=O)O. The number of carbonyl (C=O) groups is 3. The minimum atomic E-state index is -2.04. The summed E-state index contributed by atoms with van der Waals surface area (Å²) in [5, 5.41) is 26.1. The zero-order valence-corrected chi connectivity index (χ0v) is 14.0. The van der Waals surface area contributed by atoms with Gasteiger partial charge in [-0.15, -0.1) is 0 Å². The number of carboxylic acid groups (broad SMARTS) is 1. The summed E-state index contributed by atoms with van der Waals surface area (Å²) in [5.74, 6) is -1.56. The Kier molecular flexibility index (Phi) is 5.97. The van der Waals surface area contributed by atoms with E-state index >= 15 is 0 Å². The molecule has 0 spiro atoms. The lowest BCUT2D eigenvalue weighted by atomic mass is 10.1. The molecule has 1 atom stereocenters. The number of benzene rings is 1. The van der Waals surface area contributed by atoms with Gasteiger partial charge in [-0.2, -0.15) is 0 Å². The highest BCUT2D eigenvalue weighted by Gasteiger charge is 2.30. The van der Waals surface area contributed by atoms with Gasteiger partial charge in [-0.05, 0) is 44.0 Å². The van der Waals surface area contributed by atoms with Crippen LogP contribution in [0.15, 0.2) is 24.3 Å². The molecular formula is C17H23N3O5. The molecule has 1 saturated carbocycles. The van der Waals surface area contributed by atoms with E-state index < -0.39 is 24.1 Å². The number of aliphatic hydroxyl groups is 1. The maximum Gasteiger partial charge on any atom is 0.337 e. The van der Waals surface area contributed by atoms with Crippen LogP contribution in [0.2, 0.25) is 0 Å². The zero-order chi connectivity index (χ0) is 18.4. The first-order chi connectivity index (χ1) is 11.8. The highest BCUT2D eigenvalue weighted by molar-refractivity contribution is 5.95. The van der Waals surface area contributed by atoms with E-state index in [4.69, 9.17) is 5.11 Å². The Labute approximate surface area is 145 Å². The van der Waals surface area contributed by atoms with Crippen molar-refractivity contribution in [2.45, 2.75) is 44.2 Å². The third kappa shape index (κ3) is 5.46. The fraction of sp³-hybridized carbons (Fsp3) is 0.471. The molecule has 5 N–H and O–H groups in total. The van der Waals surface area contributed by atoms with Crippen molar-refractivity contribution in [1.82, 2.24) is 10.6 Å². The van der Waals surface area contributed by atoms with Gasteiger partial charge < -0.3 is 26.2 Å². The number of rotatable bonds is 6. The molecule has 1 aliphatic rings. The summed E-state index contributed by atoms with van der Waals surface area (Å²) in [6.45, 7) is 0.656. The fourth-order valence-corrected chi connectivity index (χ4v) is 2.55. The maximum atomic E-state index is 12.1. The second-order valence-electron chi connectivity index (χ2n) is 6.42. The topological polar surface area (TPSA) is 128 Å². The average molecular weight is 349 g/mol. The molecule has 0 saturated heterocycles. The van der Waals surface area contributed by atoms with Gasteiger partial charge in [-0.3, -0.25) is 4.79 Å². The number of carbonyl (C=O) groups excluding carboxylic acids is 2. The van der Waals surface area contributed by atoms with E-state index in [1.165, 1.54) is 0 Å². The van der Waals surface area contributed by atoms with Crippen molar-refractivity contribution in [3.05, 3.63) is 29.8 Å². The van der Waals surface area contributed by atoms with Gasteiger partial charge in [0.2, 0.25) is 0 Å². The molecule has 136 valence electrons. The Balaban J connectivity index is 1.84. The summed E-state index contributed by atoms with van der Waals surface area (Å²) in [5.41, 5.74) is -1.09. The molecule has 0 bridgehead atoms. The second-order valence-corrected chi connectivity index (χ2v) is 6.42. The van der Waals surface area contributed by atoms with Gasteiger partial charge in [-0.1, -0.05) is 12.8 Å². The zero-order valence-electron chi connectivity index (χ0n) is 14.0. The van der Waals surface area contributed by atoms with Crippen LogP contribution in [0.25, 0.3) is 0 Å². The smallest absolute Gasteiger partial charge is 0.337 e. The summed E-state index contributed by atoms with van der Waals surface area (Å²) in [7, 11) is 0. The number of anilines is 1. The van der Waals surface area contributed by atoms with Gasteiger partial charge in [0.15, 0.2) is 5.60 Å². The van der Waals surface area contributed by atoms with Gasteiger partial charge in [0.1, 0.15) is 0 Å². The maximum absolute atomic E-state index is 12.1. The van der Waals surface area contributed by atoms with Gasteiger partial charge in [0, 0.05) is 17.3 Å². The van der Waals surface area contributed by atoms with Crippen molar-refractivity contribution >= 4 is 23.6 Å². The van der Waals surface area contributed by atoms with Crippen LogP contribution in [0.3, 0.4) is 0 Å². The quantitative estimate of drug-likeness (QED) is 0.529. The normalized spacial score (nSPS) is 16.7. The van der Waals surface area contributed by atoms with Gasteiger partial charge in [-0.25, -0.2) is 9.59 Å². The van der Waals surface area contributed by atoms with E-state index in [9.17, 15) is 19.5 Å². The Morgan fingerprint density at radius 3 is 2.32 bits per heavy atom. The van der Waals surface area contributed by atoms with Gasteiger partial charge >= 0.3 is 12.0 Å². The third-order valence-electron chi connectivity index (χ3n) is 4.15. The van der Waals surface area contributed by atoms with Crippen molar-refractivity contribution in [2.24, 2.45) is 0 Å². The second kappa shape index (κ2) is 7.98. The molecule has 8 heteroatoms. The largest absolute Gasteiger partial charge is 0.479 e. The number of amides is 3. The minimum absolute atomic E-state index is 0.139. The Morgan fingerprint density at radius 2 is 1.76 bits per heavy atom. The molecule has 1 unspecified atom stereocenters. The van der Waals surface area contributed by atoms with E-state index in [1.807, 2.05) is 0 Å². The van der Waals surface area contributed by atoms with Crippen LogP contribution in [0.5, 0.6) is 0 Å². The number of hydrogen-bond donors (Lipinski definition) is 5. The summed E-state index contributed by atoms with van der Waals surface area (Å²) in [4.78, 5) is 34.6. The first-order valence-corrected chi connectivity index (χ1v) is 8.19. The highest BCUT2D eigenvalue weighted by atomic mass is 16.4. The van der Waals surface area contributed by atoms with E-state index in [0.717, 1.165) is 32.6 Å². The Hall–Kier alpha value is -2.61. The summed E-state index contributed by atoms with van der Waals surface area (Å²) in [6, 6.07) is 5.96. The van der Waals surface area contributed by atoms with Gasteiger partial charge in [0.05, 0.1) is 6.54 Å². The lowest BCUT2D eigenvalue weighted by molar-refractivity contribution is -0.155. The molecule has 0 aromatic heterocycles. The Morgan fingerprint density at radius 1 is 1.16 bits per heavy atom. The monoisotopic (exact) mass is 349 g/mol. The lowest BCUT2D eigenvalue weighted by Gasteiger charge is -2.18. The van der Waals surface area contributed by atoms with Gasteiger partial charge in [0.25, 0.3) is 5.91 Å². The minimum Gasteiger partial charge on any atom is -0.479 e. The molecule has 3 amide bonds. The molecule has 0 heterocycles. The number of carboxylic acids is 1. The molecule has 0 radical (unpaired) electrons.